The lowest BCUT2D eigenvalue weighted by atomic mass is 10.1. The molecule has 1 aromatic rings. The van der Waals surface area contributed by atoms with Crippen LogP contribution >= 0.6 is 0 Å². The molecule has 1 heterocycles. The van der Waals surface area contributed by atoms with Crippen molar-refractivity contribution in [3.8, 4) is 0 Å². The van der Waals surface area contributed by atoms with E-state index in [0.29, 0.717) is 6.61 Å². The predicted molar refractivity (Wildman–Crippen MR) is 72.2 cm³/mol. The molecule has 0 fully saturated rings. The summed E-state index contributed by atoms with van der Waals surface area (Å²) >= 11 is 0. The van der Waals surface area contributed by atoms with Gasteiger partial charge in [-0.15, -0.1) is 0 Å². The molecule has 0 unspecified atom stereocenters. The quantitative estimate of drug-likeness (QED) is 0.721. The van der Waals surface area contributed by atoms with Crippen LogP contribution in [0.4, 0.5) is 0 Å². The minimum absolute atomic E-state index is 0.688. The second-order valence-electron chi connectivity index (χ2n) is 4.14. The zero-order valence-corrected chi connectivity index (χ0v) is 10.4. The second kappa shape index (κ2) is 6.24. The van der Waals surface area contributed by atoms with Crippen LogP contribution in [0.3, 0.4) is 0 Å². The lowest BCUT2D eigenvalue weighted by molar-refractivity contribution is 0.298. The van der Waals surface area contributed by atoms with E-state index in [0.717, 1.165) is 24.3 Å². The van der Waals surface area contributed by atoms with Gasteiger partial charge in [0, 0.05) is 23.9 Å². The highest BCUT2D eigenvalue weighted by molar-refractivity contribution is 6.00. The summed E-state index contributed by atoms with van der Waals surface area (Å²) in [5.41, 5.74) is 2.30. The van der Waals surface area contributed by atoms with Crippen LogP contribution in [0.1, 0.15) is 31.7 Å². The van der Waals surface area contributed by atoms with Crippen molar-refractivity contribution in [2.75, 3.05) is 13.2 Å². The van der Waals surface area contributed by atoms with E-state index in [2.05, 4.69) is 23.2 Å². The first-order valence-electron chi connectivity index (χ1n) is 6.33. The smallest absolute Gasteiger partial charge is 0.128 e. The summed E-state index contributed by atoms with van der Waals surface area (Å²) in [6.45, 7) is 3.66. The molecule has 0 aromatic heterocycles. The third-order valence-corrected chi connectivity index (χ3v) is 2.81. The monoisotopic (exact) mass is 229 g/mol. The van der Waals surface area contributed by atoms with Crippen molar-refractivity contribution in [1.82, 2.24) is 0 Å². The molecule has 90 valence electrons. The van der Waals surface area contributed by atoms with Crippen molar-refractivity contribution >= 4 is 11.5 Å². The zero-order valence-electron chi connectivity index (χ0n) is 10.4. The highest BCUT2D eigenvalue weighted by Gasteiger charge is 2.07. The number of allylic oxidation sites excluding steroid dienone is 1. The Kier molecular flexibility index (Phi) is 4.37. The minimum Gasteiger partial charge on any atom is -0.493 e. The Labute approximate surface area is 103 Å². The molecule has 0 amide bonds. The van der Waals surface area contributed by atoms with E-state index in [9.17, 15) is 0 Å². The number of benzene rings is 1. The molecule has 0 spiro atoms. The Balaban J connectivity index is 2.22. The van der Waals surface area contributed by atoms with Gasteiger partial charge in [-0.05, 0) is 26.2 Å². The van der Waals surface area contributed by atoms with Gasteiger partial charge in [0.2, 0.25) is 0 Å². The van der Waals surface area contributed by atoms with Crippen molar-refractivity contribution in [2.24, 2.45) is 4.99 Å². The maximum atomic E-state index is 5.71. The topological polar surface area (TPSA) is 21.6 Å². The zero-order chi connectivity index (χ0) is 11.9. The van der Waals surface area contributed by atoms with Gasteiger partial charge in [0.1, 0.15) is 5.76 Å². The molecule has 2 rings (SSSR count). The molecule has 0 aliphatic carbocycles. The lowest BCUT2D eigenvalue weighted by Crippen LogP contribution is -2.05. The summed E-state index contributed by atoms with van der Waals surface area (Å²) < 4.78 is 5.71. The number of ether oxygens (including phenoxy) is 1. The molecule has 2 nitrogen and oxygen atoms in total. The molecule has 0 N–H and O–H groups in total. The third kappa shape index (κ3) is 3.45. The van der Waals surface area contributed by atoms with Gasteiger partial charge < -0.3 is 4.74 Å². The van der Waals surface area contributed by atoms with E-state index < -0.39 is 0 Å². The molecule has 0 atom stereocenters. The Hall–Kier alpha value is -1.57. The third-order valence-electron chi connectivity index (χ3n) is 2.81. The van der Waals surface area contributed by atoms with Gasteiger partial charge in [0.25, 0.3) is 0 Å². The Bertz CT molecular complexity index is 406. The van der Waals surface area contributed by atoms with Crippen LogP contribution < -0.4 is 0 Å². The van der Waals surface area contributed by atoms with Crippen LogP contribution in [0.5, 0.6) is 0 Å². The van der Waals surface area contributed by atoms with Gasteiger partial charge in [-0.1, -0.05) is 30.3 Å². The summed E-state index contributed by atoms with van der Waals surface area (Å²) in [4.78, 5) is 4.54. The first kappa shape index (κ1) is 11.9. The van der Waals surface area contributed by atoms with E-state index in [-0.39, 0.29) is 0 Å². The lowest BCUT2D eigenvalue weighted by Gasteiger charge is -2.12. The van der Waals surface area contributed by atoms with Crippen LogP contribution in [0.15, 0.2) is 41.4 Å². The number of rotatable bonds is 4. The summed E-state index contributed by atoms with van der Waals surface area (Å²) in [7, 11) is 0. The molecule has 0 radical (unpaired) electrons. The molecular weight excluding hydrogens is 210 g/mol. The number of hydrogen-bond donors (Lipinski definition) is 0. The molecule has 1 aliphatic rings. The molecular formula is C15H19NO. The number of nitrogens with zero attached hydrogens (tertiary/aromatic N) is 1. The molecule has 0 saturated heterocycles. The van der Waals surface area contributed by atoms with Crippen LogP contribution in [-0.4, -0.2) is 18.9 Å². The summed E-state index contributed by atoms with van der Waals surface area (Å²) in [5, 5.41) is 0. The standard InChI is InChI=1S/C15H19NO/c1-2-17-15(13-8-4-3-5-9-13)12-14-10-6-7-11-16-14/h3-5,8-9,12H,2,6-7,10-11H2,1H3. The van der Waals surface area contributed by atoms with Crippen LogP contribution in [-0.2, 0) is 4.74 Å². The van der Waals surface area contributed by atoms with E-state index in [1.54, 1.807) is 0 Å². The van der Waals surface area contributed by atoms with Gasteiger partial charge in [0.15, 0.2) is 0 Å². The molecule has 0 bridgehead atoms. The average molecular weight is 229 g/mol. The highest BCUT2D eigenvalue weighted by atomic mass is 16.5. The van der Waals surface area contributed by atoms with Gasteiger partial charge in [-0.3, -0.25) is 4.99 Å². The first-order chi connectivity index (χ1) is 8.40. The van der Waals surface area contributed by atoms with E-state index >= 15 is 0 Å². The molecule has 0 saturated carbocycles. The Morgan fingerprint density at radius 1 is 1.29 bits per heavy atom. The van der Waals surface area contributed by atoms with Crippen molar-refractivity contribution in [2.45, 2.75) is 26.2 Å². The molecule has 2 heteroatoms. The van der Waals surface area contributed by atoms with E-state index in [4.69, 9.17) is 4.74 Å². The van der Waals surface area contributed by atoms with Crippen LogP contribution in [0.25, 0.3) is 5.76 Å². The predicted octanol–water partition coefficient (Wildman–Crippen LogP) is 3.69. The molecule has 17 heavy (non-hydrogen) atoms. The van der Waals surface area contributed by atoms with Gasteiger partial charge in [-0.2, -0.15) is 0 Å². The maximum absolute atomic E-state index is 5.71. The van der Waals surface area contributed by atoms with Crippen molar-refractivity contribution < 1.29 is 4.74 Å². The van der Waals surface area contributed by atoms with Crippen LogP contribution in [0, 0.1) is 0 Å². The van der Waals surface area contributed by atoms with Crippen LogP contribution in [0.2, 0.25) is 0 Å². The number of aliphatic imine (C=N–C) groups is 1. The highest BCUT2D eigenvalue weighted by Crippen LogP contribution is 2.18. The van der Waals surface area contributed by atoms with Crippen molar-refractivity contribution in [3.63, 3.8) is 0 Å². The Morgan fingerprint density at radius 3 is 2.76 bits per heavy atom. The summed E-state index contributed by atoms with van der Waals surface area (Å²) in [6.07, 6.45) is 5.62. The maximum Gasteiger partial charge on any atom is 0.128 e. The normalized spacial score (nSPS) is 16.5. The molecule has 1 aliphatic heterocycles. The fourth-order valence-corrected chi connectivity index (χ4v) is 1.96. The fourth-order valence-electron chi connectivity index (χ4n) is 1.96. The minimum atomic E-state index is 0.688. The summed E-state index contributed by atoms with van der Waals surface area (Å²) in [5.74, 6) is 0.939. The van der Waals surface area contributed by atoms with E-state index in [1.165, 1.54) is 18.6 Å². The van der Waals surface area contributed by atoms with Crippen molar-refractivity contribution in [3.05, 3.63) is 42.0 Å². The second-order valence-corrected chi connectivity index (χ2v) is 4.14. The van der Waals surface area contributed by atoms with Gasteiger partial charge >= 0.3 is 0 Å². The largest absolute Gasteiger partial charge is 0.493 e. The SMILES string of the molecule is CCOC(=CC1=NCCCC1)c1ccccc1. The summed E-state index contributed by atoms with van der Waals surface area (Å²) in [6, 6.07) is 10.2. The Morgan fingerprint density at radius 2 is 2.12 bits per heavy atom. The number of hydrogen-bond acceptors (Lipinski definition) is 2. The van der Waals surface area contributed by atoms with Gasteiger partial charge in [-0.25, -0.2) is 0 Å². The van der Waals surface area contributed by atoms with Crippen molar-refractivity contribution in [1.29, 1.82) is 0 Å². The first-order valence-corrected chi connectivity index (χ1v) is 6.33. The fraction of sp³-hybridized carbons (Fsp3) is 0.400. The molecule has 1 aromatic carbocycles. The average Bonchev–Trinajstić information content (AvgIpc) is 2.40. The van der Waals surface area contributed by atoms with Gasteiger partial charge in [0.05, 0.1) is 6.61 Å². The van der Waals surface area contributed by atoms with E-state index in [1.807, 2.05) is 25.1 Å².